The SMILES string of the molecule is C=C1CCC2(OC1)OC1CC3C4CCC5CC(OC(C)=O)C(OC(C)=O)CC5(C)C4CCC3(C)C1C2C. The third-order valence-corrected chi connectivity index (χ3v) is 12.3. The Kier molecular flexibility index (Phi) is 6.15. The molecule has 2 saturated heterocycles. The molecule has 0 aromatic heterocycles. The van der Waals surface area contributed by atoms with Gasteiger partial charge in [0.25, 0.3) is 0 Å². The molecule has 0 aromatic carbocycles. The van der Waals surface area contributed by atoms with Gasteiger partial charge in [0.1, 0.15) is 12.2 Å². The monoisotopic (exact) mass is 514 g/mol. The molecule has 0 radical (unpaired) electrons. The summed E-state index contributed by atoms with van der Waals surface area (Å²) in [5.41, 5.74) is 1.56. The molecular weight excluding hydrogens is 468 g/mol. The van der Waals surface area contributed by atoms with E-state index in [0.29, 0.717) is 42.1 Å². The van der Waals surface area contributed by atoms with Crippen LogP contribution in [-0.4, -0.2) is 42.6 Å². The molecule has 2 heterocycles. The lowest BCUT2D eigenvalue weighted by Gasteiger charge is -2.62. The van der Waals surface area contributed by atoms with Crippen molar-refractivity contribution in [2.24, 2.45) is 46.3 Å². The molecule has 206 valence electrons. The number of fused-ring (bicyclic) bond motifs is 7. The fourth-order valence-corrected chi connectivity index (χ4v) is 10.8. The van der Waals surface area contributed by atoms with Gasteiger partial charge < -0.3 is 18.9 Å². The maximum atomic E-state index is 12.0. The van der Waals surface area contributed by atoms with Crippen LogP contribution >= 0.6 is 0 Å². The molecule has 0 aromatic rings. The van der Waals surface area contributed by atoms with E-state index in [1.165, 1.54) is 38.7 Å². The molecule has 0 amide bonds. The normalized spacial score (nSPS) is 52.6. The van der Waals surface area contributed by atoms with Crippen LogP contribution in [-0.2, 0) is 28.5 Å². The molecule has 4 aliphatic carbocycles. The van der Waals surface area contributed by atoms with Gasteiger partial charge in [0, 0.05) is 26.2 Å². The Balaban J connectivity index is 1.24. The summed E-state index contributed by atoms with van der Waals surface area (Å²) in [5.74, 6) is 2.39. The predicted molar refractivity (Wildman–Crippen MR) is 138 cm³/mol. The van der Waals surface area contributed by atoms with Crippen LogP contribution in [0.25, 0.3) is 0 Å². The summed E-state index contributed by atoms with van der Waals surface area (Å²) in [5, 5.41) is 0. The molecule has 6 heteroatoms. The first kappa shape index (κ1) is 25.9. The second-order valence-electron chi connectivity index (χ2n) is 14.0. The van der Waals surface area contributed by atoms with Crippen molar-refractivity contribution in [2.75, 3.05) is 6.61 Å². The lowest BCUT2D eigenvalue weighted by molar-refractivity contribution is -0.256. The minimum Gasteiger partial charge on any atom is -0.459 e. The summed E-state index contributed by atoms with van der Waals surface area (Å²) in [6.45, 7) is 15.1. The van der Waals surface area contributed by atoms with E-state index in [1.807, 2.05) is 0 Å². The average Bonchev–Trinajstić information content (AvgIpc) is 3.26. The van der Waals surface area contributed by atoms with Crippen molar-refractivity contribution in [3.8, 4) is 0 Å². The quantitative estimate of drug-likeness (QED) is 0.341. The van der Waals surface area contributed by atoms with Gasteiger partial charge in [-0.2, -0.15) is 0 Å². The fraction of sp³-hybridized carbons (Fsp3) is 0.871. The van der Waals surface area contributed by atoms with Crippen molar-refractivity contribution < 1.29 is 28.5 Å². The number of ether oxygens (including phenoxy) is 4. The van der Waals surface area contributed by atoms with Crippen LogP contribution in [0.15, 0.2) is 12.2 Å². The van der Waals surface area contributed by atoms with Crippen molar-refractivity contribution in [2.45, 2.75) is 117 Å². The van der Waals surface area contributed by atoms with Crippen molar-refractivity contribution in [1.82, 2.24) is 0 Å². The number of hydrogen-bond donors (Lipinski definition) is 0. The van der Waals surface area contributed by atoms with Crippen LogP contribution < -0.4 is 0 Å². The van der Waals surface area contributed by atoms with Gasteiger partial charge in [-0.25, -0.2) is 0 Å². The number of esters is 2. The van der Waals surface area contributed by atoms with Crippen molar-refractivity contribution in [3.05, 3.63) is 12.2 Å². The Morgan fingerprint density at radius 3 is 2.35 bits per heavy atom. The molecule has 2 aliphatic heterocycles. The van der Waals surface area contributed by atoms with Crippen molar-refractivity contribution in [1.29, 1.82) is 0 Å². The van der Waals surface area contributed by atoms with Crippen LogP contribution in [0.1, 0.15) is 92.4 Å². The Morgan fingerprint density at radius 2 is 1.68 bits per heavy atom. The largest absolute Gasteiger partial charge is 0.459 e. The first-order valence-corrected chi connectivity index (χ1v) is 14.8. The zero-order valence-corrected chi connectivity index (χ0v) is 23.4. The summed E-state index contributed by atoms with van der Waals surface area (Å²) in [4.78, 5) is 23.8. The van der Waals surface area contributed by atoms with Gasteiger partial charge >= 0.3 is 11.9 Å². The number of hydrogen-bond acceptors (Lipinski definition) is 6. The van der Waals surface area contributed by atoms with Crippen LogP contribution in [0.2, 0.25) is 0 Å². The van der Waals surface area contributed by atoms with Crippen LogP contribution in [0.4, 0.5) is 0 Å². The van der Waals surface area contributed by atoms with E-state index in [9.17, 15) is 9.59 Å². The Morgan fingerprint density at radius 1 is 0.946 bits per heavy atom. The third kappa shape index (κ3) is 3.86. The summed E-state index contributed by atoms with van der Waals surface area (Å²) in [7, 11) is 0. The minimum atomic E-state index is -0.419. The van der Waals surface area contributed by atoms with Gasteiger partial charge in [-0.15, -0.1) is 0 Å². The predicted octanol–water partition coefficient (Wildman–Crippen LogP) is 5.83. The van der Waals surface area contributed by atoms with E-state index in [0.717, 1.165) is 38.5 Å². The Labute approximate surface area is 222 Å². The molecule has 0 bridgehead atoms. The Bertz CT molecular complexity index is 965. The summed E-state index contributed by atoms with van der Waals surface area (Å²) >= 11 is 0. The smallest absolute Gasteiger partial charge is 0.303 e. The maximum absolute atomic E-state index is 12.0. The lowest BCUT2D eigenvalue weighted by atomic mass is 9.44. The van der Waals surface area contributed by atoms with Gasteiger partial charge in [-0.1, -0.05) is 32.9 Å². The summed E-state index contributed by atoms with van der Waals surface area (Å²) in [6, 6.07) is 0. The third-order valence-electron chi connectivity index (χ3n) is 12.3. The Hall–Kier alpha value is -1.40. The molecule has 37 heavy (non-hydrogen) atoms. The molecule has 12 unspecified atom stereocenters. The summed E-state index contributed by atoms with van der Waals surface area (Å²) in [6.07, 6.45) is 9.14. The van der Waals surface area contributed by atoms with Crippen LogP contribution in [0, 0.1) is 46.3 Å². The van der Waals surface area contributed by atoms with Gasteiger partial charge in [0.2, 0.25) is 0 Å². The van der Waals surface area contributed by atoms with Crippen LogP contribution in [0.5, 0.6) is 0 Å². The lowest BCUT2D eigenvalue weighted by Crippen LogP contribution is -2.58. The van der Waals surface area contributed by atoms with Crippen LogP contribution in [0.3, 0.4) is 0 Å². The van der Waals surface area contributed by atoms with E-state index in [4.69, 9.17) is 18.9 Å². The number of rotatable bonds is 2. The highest BCUT2D eigenvalue weighted by molar-refractivity contribution is 5.67. The highest BCUT2D eigenvalue weighted by atomic mass is 16.7. The zero-order chi connectivity index (χ0) is 26.3. The van der Waals surface area contributed by atoms with Gasteiger partial charge in [-0.05, 0) is 91.8 Å². The van der Waals surface area contributed by atoms with Gasteiger partial charge in [-0.3, -0.25) is 9.59 Å². The molecule has 1 spiro atoms. The first-order valence-electron chi connectivity index (χ1n) is 14.8. The molecule has 6 rings (SSSR count). The molecular formula is C31H46O6. The molecule has 12 atom stereocenters. The second-order valence-corrected chi connectivity index (χ2v) is 14.0. The van der Waals surface area contributed by atoms with Gasteiger partial charge in [0.05, 0.1) is 12.7 Å². The van der Waals surface area contributed by atoms with E-state index in [-0.39, 0.29) is 41.1 Å². The summed E-state index contributed by atoms with van der Waals surface area (Å²) < 4.78 is 24.8. The van der Waals surface area contributed by atoms with Crippen molar-refractivity contribution in [3.63, 3.8) is 0 Å². The first-order chi connectivity index (χ1) is 17.5. The highest BCUT2D eigenvalue weighted by Gasteiger charge is 2.69. The standard InChI is InChI=1S/C31H46O6/c1-17-9-12-31(34-16-17)18(2)28-26(37-31)14-24-22-8-7-21-13-25(35-19(3)32)27(36-20(4)33)15-30(21,6)23(22)10-11-29(24,28)5/h18,21-28H,1,7-16H2,2-6H3. The van der Waals surface area contributed by atoms with Gasteiger partial charge in [0.15, 0.2) is 5.79 Å². The number of carbonyl (C=O) groups excluding carboxylic acids is 2. The maximum Gasteiger partial charge on any atom is 0.303 e. The van der Waals surface area contributed by atoms with E-state index >= 15 is 0 Å². The van der Waals surface area contributed by atoms with Crippen molar-refractivity contribution >= 4 is 11.9 Å². The number of carbonyl (C=O) groups is 2. The minimum absolute atomic E-state index is 0.0965. The van der Waals surface area contributed by atoms with E-state index in [2.05, 4.69) is 27.4 Å². The average molecular weight is 515 g/mol. The van der Waals surface area contributed by atoms with E-state index < -0.39 is 5.79 Å². The molecule has 4 saturated carbocycles. The highest BCUT2D eigenvalue weighted by Crippen LogP contribution is 2.71. The fourth-order valence-electron chi connectivity index (χ4n) is 10.8. The topological polar surface area (TPSA) is 71.1 Å². The molecule has 6 nitrogen and oxygen atoms in total. The van der Waals surface area contributed by atoms with E-state index in [1.54, 1.807) is 0 Å². The zero-order valence-electron chi connectivity index (χ0n) is 23.4. The second kappa shape index (κ2) is 8.81. The molecule has 6 fully saturated rings. The molecule has 6 aliphatic rings. The molecule has 0 N–H and O–H groups in total.